The molecule has 0 aliphatic carbocycles. The molecule has 0 heterocycles. The van der Waals surface area contributed by atoms with Crippen LogP contribution in [-0.4, -0.2) is 13.6 Å². The van der Waals surface area contributed by atoms with Gasteiger partial charge < -0.3 is 0 Å². The second-order valence-electron chi connectivity index (χ2n) is 5.49. The number of benzene rings is 1. The minimum Gasteiger partial charge on any atom is -0.257 e. The van der Waals surface area contributed by atoms with Gasteiger partial charge in [0.2, 0.25) is 0 Å². The Morgan fingerprint density at radius 3 is 2.12 bits per heavy atom. The van der Waals surface area contributed by atoms with Crippen LogP contribution in [0.2, 0.25) is 0 Å². The van der Waals surface area contributed by atoms with E-state index in [0.717, 1.165) is 11.4 Å². The van der Waals surface area contributed by atoms with Gasteiger partial charge in [-0.15, -0.1) is 0 Å². The highest BCUT2D eigenvalue weighted by atomic mass is 14.8. The lowest BCUT2D eigenvalue weighted by Crippen LogP contribution is -2.16. The van der Waals surface area contributed by atoms with Gasteiger partial charge in [0.25, 0.3) is 0 Å². The van der Waals surface area contributed by atoms with Crippen LogP contribution >= 0.6 is 0 Å². The van der Waals surface area contributed by atoms with E-state index in [4.69, 9.17) is 4.99 Å². The lowest BCUT2D eigenvalue weighted by Gasteiger charge is -2.18. The highest BCUT2D eigenvalue weighted by molar-refractivity contribution is 6.32. The standard InChI is InChI=1S/C15H22BN/c1-6-14(17-11(2)15(3,4)5)12-7-9-13(16)10-8-12/h6-10H,16H2,1-5H3/b14-6-,17-11+. The summed E-state index contributed by atoms with van der Waals surface area (Å²) < 4.78 is 0. The first-order chi connectivity index (χ1) is 7.84. The number of hydrogen-bond acceptors (Lipinski definition) is 1. The summed E-state index contributed by atoms with van der Waals surface area (Å²) in [5.41, 5.74) is 4.80. The van der Waals surface area contributed by atoms with Crippen molar-refractivity contribution >= 4 is 24.7 Å². The van der Waals surface area contributed by atoms with Gasteiger partial charge >= 0.3 is 0 Å². The molecule has 0 saturated heterocycles. The van der Waals surface area contributed by atoms with E-state index in [1.54, 1.807) is 0 Å². The van der Waals surface area contributed by atoms with Crippen molar-refractivity contribution in [3.8, 4) is 0 Å². The summed E-state index contributed by atoms with van der Waals surface area (Å²) in [5.74, 6) is 0. The Bertz CT molecular complexity index is 433. The third-order valence-electron chi connectivity index (χ3n) is 2.99. The molecule has 1 rings (SSSR count). The van der Waals surface area contributed by atoms with E-state index < -0.39 is 0 Å². The Hall–Kier alpha value is -1.31. The minimum absolute atomic E-state index is 0.124. The van der Waals surface area contributed by atoms with E-state index in [-0.39, 0.29) is 5.41 Å². The second-order valence-corrected chi connectivity index (χ2v) is 5.49. The van der Waals surface area contributed by atoms with Crippen LogP contribution < -0.4 is 5.46 Å². The number of rotatable bonds is 2. The molecule has 0 aliphatic heterocycles. The molecule has 0 aromatic heterocycles. The lowest BCUT2D eigenvalue weighted by molar-refractivity contribution is 0.588. The van der Waals surface area contributed by atoms with Gasteiger partial charge in [-0.25, -0.2) is 0 Å². The molecule has 1 nitrogen and oxygen atoms in total. The van der Waals surface area contributed by atoms with Crippen LogP contribution in [0.3, 0.4) is 0 Å². The molecule has 0 unspecified atom stereocenters. The fraction of sp³-hybridized carbons (Fsp3) is 0.400. The van der Waals surface area contributed by atoms with E-state index in [1.165, 1.54) is 11.0 Å². The molecule has 0 radical (unpaired) electrons. The van der Waals surface area contributed by atoms with Crippen molar-refractivity contribution in [1.29, 1.82) is 0 Å². The molecule has 1 aromatic carbocycles. The molecular formula is C15H22BN. The Labute approximate surface area is 106 Å². The van der Waals surface area contributed by atoms with E-state index in [2.05, 4.69) is 65.9 Å². The predicted octanol–water partition coefficient (Wildman–Crippen LogP) is 2.81. The zero-order valence-electron chi connectivity index (χ0n) is 11.8. The van der Waals surface area contributed by atoms with E-state index in [1.807, 2.05) is 6.92 Å². The maximum atomic E-state index is 4.74. The molecule has 0 amide bonds. The molecule has 0 aliphatic rings. The average Bonchev–Trinajstić information content (AvgIpc) is 2.25. The van der Waals surface area contributed by atoms with Crippen molar-refractivity contribution in [2.45, 2.75) is 34.6 Å². The Kier molecular flexibility index (Phi) is 4.33. The van der Waals surface area contributed by atoms with Gasteiger partial charge in [0.1, 0.15) is 7.85 Å². The summed E-state index contributed by atoms with van der Waals surface area (Å²) in [7, 11) is 2.10. The van der Waals surface area contributed by atoms with Crippen molar-refractivity contribution in [3.63, 3.8) is 0 Å². The molecule has 0 saturated carbocycles. The molecule has 0 bridgehead atoms. The first-order valence-electron chi connectivity index (χ1n) is 6.13. The van der Waals surface area contributed by atoms with Gasteiger partial charge in [0.05, 0.1) is 5.70 Å². The number of hydrogen-bond donors (Lipinski definition) is 0. The maximum Gasteiger partial charge on any atom is 0.139 e. The minimum atomic E-state index is 0.124. The number of allylic oxidation sites excluding steroid dienone is 1. The van der Waals surface area contributed by atoms with Gasteiger partial charge in [-0.3, -0.25) is 4.99 Å². The van der Waals surface area contributed by atoms with Crippen LogP contribution in [-0.2, 0) is 0 Å². The van der Waals surface area contributed by atoms with E-state index in [0.29, 0.717) is 0 Å². The summed E-state index contributed by atoms with van der Waals surface area (Å²) in [6.45, 7) is 10.7. The van der Waals surface area contributed by atoms with Gasteiger partial charge in [0.15, 0.2) is 0 Å². The highest BCUT2D eigenvalue weighted by Crippen LogP contribution is 2.21. The first kappa shape index (κ1) is 13.8. The summed E-state index contributed by atoms with van der Waals surface area (Å²) >= 11 is 0. The predicted molar refractivity (Wildman–Crippen MR) is 80.8 cm³/mol. The summed E-state index contributed by atoms with van der Waals surface area (Å²) in [4.78, 5) is 4.74. The molecule has 17 heavy (non-hydrogen) atoms. The van der Waals surface area contributed by atoms with Crippen LogP contribution in [0.25, 0.3) is 5.70 Å². The van der Waals surface area contributed by atoms with Crippen LogP contribution in [0.1, 0.15) is 40.2 Å². The van der Waals surface area contributed by atoms with Crippen molar-refractivity contribution in [1.82, 2.24) is 0 Å². The molecule has 0 fully saturated rings. The van der Waals surface area contributed by atoms with Crippen molar-refractivity contribution in [2.75, 3.05) is 0 Å². The molecule has 0 atom stereocenters. The molecule has 2 heteroatoms. The smallest absolute Gasteiger partial charge is 0.139 e. The highest BCUT2D eigenvalue weighted by Gasteiger charge is 2.14. The van der Waals surface area contributed by atoms with Crippen LogP contribution in [0, 0.1) is 5.41 Å². The first-order valence-corrected chi connectivity index (χ1v) is 6.13. The normalized spacial score (nSPS) is 13.9. The molecule has 0 N–H and O–H groups in total. The third kappa shape index (κ3) is 3.88. The third-order valence-corrected chi connectivity index (χ3v) is 2.99. The Morgan fingerprint density at radius 2 is 1.71 bits per heavy atom. The van der Waals surface area contributed by atoms with Gasteiger partial charge in [-0.2, -0.15) is 0 Å². The van der Waals surface area contributed by atoms with E-state index in [9.17, 15) is 0 Å². The summed E-state index contributed by atoms with van der Waals surface area (Å²) in [6, 6.07) is 8.51. The summed E-state index contributed by atoms with van der Waals surface area (Å²) in [6.07, 6.45) is 2.07. The topological polar surface area (TPSA) is 12.4 Å². The molecule has 90 valence electrons. The number of aliphatic imine (C=N–C) groups is 1. The molecule has 0 spiro atoms. The Morgan fingerprint density at radius 1 is 1.18 bits per heavy atom. The zero-order chi connectivity index (χ0) is 13.1. The van der Waals surface area contributed by atoms with Crippen molar-refractivity contribution < 1.29 is 0 Å². The monoisotopic (exact) mass is 227 g/mol. The lowest BCUT2D eigenvalue weighted by atomic mass is 9.90. The van der Waals surface area contributed by atoms with Crippen LogP contribution in [0.4, 0.5) is 0 Å². The van der Waals surface area contributed by atoms with Crippen LogP contribution in [0.5, 0.6) is 0 Å². The second kappa shape index (κ2) is 5.35. The average molecular weight is 227 g/mol. The van der Waals surface area contributed by atoms with Gasteiger partial charge in [-0.05, 0) is 24.8 Å². The van der Waals surface area contributed by atoms with Crippen molar-refractivity contribution in [3.05, 3.63) is 35.9 Å². The van der Waals surface area contributed by atoms with Crippen molar-refractivity contribution in [2.24, 2.45) is 10.4 Å². The van der Waals surface area contributed by atoms with Gasteiger partial charge in [-0.1, -0.05) is 56.6 Å². The van der Waals surface area contributed by atoms with E-state index >= 15 is 0 Å². The summed E-state index contributed by atoms with van der Waals surface area (Å²) in [5, 5.41) is 0. The van der Waals surface area contributed by atoms with Gasteiger partial charge in [0, 0.05) is 5.71 Å². The Balaban J connectivity index is 3.07. The quantitative estimate of drug-likeness (QED) is 0.544. The molecule has 1 aromatic rings. The zero-order valence-corrected chi connectivity index (χ0v) is 11.8. The fourth-order valence-electron chi connectivity index (χ4n) is 1.37. The maximum absolute atomic E-state index is 4.74. The largest absolute Gasteiger partial charge is 0.257 e. The number of nitrogens with zero attached hydrogens (tertiary/aromatic N) is 1. The fourth-order valence-corrected chi connectivity index (χ4v) is 1.37. The molecular weight excluding hydrogens is 205 g/mol. The van der Waals surface area contributed by atoms with Crippen LogP contribution in [0.15, 0.2) is 35.3 Å². The SMILES string of the molecule is Bc1ccc(C(=C/C)/N=C(\C)C(C)(C)C)cc1.